The highest BCUT2D eigenvalue weighted by atomic mass is 15.1. The van der Waals surface area contributed by atoms with E-state index in [0.717, 1.165) is 17.8 Å². The van der Waals surface area contributed by atoms with Crippen molar-refractivity contribution in [3.63, 3.8) is 0 Å². The van der Waals surface area contributed by atoms with E-state index in [1.54, 1.807) is 0 Å². The van der Waals surface area contributed by atoms with Gasteiger partial charge in [-0.2, -0.15) is 0 Å². The molecule has 0 unspecified atom stereocenters. The van der Waals surface area contributed by atoms with Crippen LogP contribution in [0.25, 0.3) is 0 Å². The first kappa shape index (κ1) is 9.58. The number of nitrogen functional groups attached to an aromatic ring is 1. The van der Waals surface area contributed by atoms with Gasteiger partial charge in [-0.05, 0) is 31.2 Å². The van der Waals surface area contributed by atoms with Gasteiger partial charge >= 0.3 is 0 Å². The second kappa shape index (κ2) is 3.94. The lowest BCUT2D eigenvalue weighted by molar-refractivity contribution is 0.968. The summed E-state index contributed by atoms with van der Waals surface area (Å²) in [6, 6.07) is 7.67. The highest BCUT2D eigenvalue weighted by molar-refractivity contribution is 5.95. The second-order valence-corrected chi connectivity index (χ2v) is 2.97. The van der Waals surface area contributed by atoms with Gasteiger partial charge in [-0.25, -0.2) is 0 Å². The Morgan fingerprint density at radius 1 is 1.38 bits per heavy atom. The molecule has 1 aromatic rings. The van der Waals surface area contributed by atoms with E-state index >= 15 is 0 Å². The fourth-order valence-electron chi connectivity index (χ4n) is 1.08. The van der Waals surface area contributed by atoms with Crippen LogP contribution in [0.5, 0.6) is 0 Å². The molecule has 0 aromatic heterocycles. The summed E-state index contributed by atoms with van der Waals surface area (Å²) in [6.45, 7) is 3.07. The number of nitrogens with zero attached hydrogens (tertiary/aromatic N) is 1. The van der Waals surface area contributed by atoms with E-state index in [2.05, 4.69) is 11.8 Å². The van der Waals surface area contributed by atoms with E-state index in [1.165, 1.54) is 0 Å². The molecular weight excluding hydrogens is 162 g/mol. The summed E-state index contributed by atoms with van der Waals surface area (Å²) in [4.78, 5) is 2.13. The van der Waals surface area contributed by atoms with Gasteiger partial charge in [0.05, 0.1) is 0 Å². The Kier molecular flexibility index (Phi) is 2.90. The SMILES string of the molecule is CCN(C)c1ccc(C(=N)N)cc1. The molecule has 0 saturated heterocycles. The van der Waals surface area contributed by atoms with Crippen LogP contribution in [0.15, 0.2) is 24.3 Å². The predicted octanol–water partition coefficient (Wildman–Crippen LogP) is 1.43. The summed E-state index contributed by atoms with van der Waals surface area (Å²) >= 11 is 0. The zero-order chi connectivity index (χ0) is 9.84. The average molecular weight is 177 g/mol. The number of nitrogens with two attached hydrogens (primary N) is 1. The summed E-state index contributed by atoms with van der Waals surface area (Å²) in [5.74, 6) is 0.116. The summed E-state index contributed by atoms with van der Waals surface area (Å²) in [5.41, 5.74) is 7.26. The Morgan fingerprint density at radius 3 is 2.31 bits per heavy atom. The maximum Gasteiger partial charge on any atom is 0.122 e. The Morgan fingerprint density at radius 2 is 1.92 bits per heavy atom. The zero-order valence-electron chi connectivity index (χ0n) is 8.04. The molecule has 0 aliphatic carbocycles. The molecule has 1 aromatic carbocycles. The van der Waals surface area contributed by atoms with Crippen LogP contribution >= 0.6 is 0 Å². The Bertz CT molecular complexity index is 290. The van der Waals surface area contributed by atoms with Crippen LogP contribution < -0.4 is 10.6 Å². The van der Waals surface area contributed by atoms with Crippen LogP contribution in [-0.2, 0) is 0 Å². The molecular formula is C10H15N3. The highest BCUT2D eigenvalue weighted by Gasteiger charge is 1.99. The molecule has 3 N–H and O–H groups in total. The van der Waals surface area contributed by atoms with E-state index in [0.29, 0.717) is 0 Å². The van der Waals surface area contributed by atoms with Crippen molar-refractivity contribution in [2.75, 3.05) is 18.5 Å². The fraction of sp³-hybridized carbons (Fsp3) is 0.300. The largest absolute Gasteiger partial charge is 0.384 e. The topological polar surface area (TPSA) is 53.1 Å². The maximum absolute atomic E-state index is 7.22. The number of nitrogens with one attached hydrogen (secondary N) is 1. The molecule has 13 heavy (non-hydrogen) atoms. The van der Waals surface area contributed by atoms with E-state index in [4.69, 9.17) is 11.1 Å². The monoisotopic (exact) mass is 177 g/mol. The van der Waals surface area contributed by atoms with Crippen molar-refractivity contribution >= 4 is 11.5 Å². The van der Waals surface area contributed by atoms with Crippen molar-refractivity contribution in [2.45, 2.75) is 6.92 Å². The van der Waals surface area contributed by atoms with Gasteiger partial charge in [-0.15, -0.1) is 0 Å². The molecule has 0 fully saturated rings. The van der Waals surface area contributed by atoms with E-state index < -0.39 is 0 Å². The van der Waals surface area contributed by atoms with Gasteiger partial charge in [0.1, 0.15) is 5.84 Å². The minimum Gasteiger partial charge on any atom is -0.384 e. The first-order valence-corrected chi connectivity index (χ1v) is 4.30. The fourth-order valence-corrected chi connectivity index (χ4v) is 1.08. The molecule has 3 nitrogen and oxygen atoms in total. The minimum absolute atomic E-state index is 0.116. The van der Waals surface area contributed by atoms with Crippen LogP contribution in [-0.4, -0.2) is 19.4 Å². The number of rotatable bonds is 3. The van der Waals surface area contributed by atoms with E-state index in [9.17, 15) is 0 Å². The number of amidine groups is 1. The lowest BCUT2D eigenvalue weighted by atomic mass is 10.2. The molecule has 0 aliphatic heterocycles. The Balaban J connectivity index is 2.87. The first-order valence-electron chi connectivity index (χ1n) is 4.30. The van der Waals surface area contributed by atoms with Crippen LogP contribution in [0.2, 0.25) is 0 Å². The maximum atomic E-state index is 7.22. The lowest BCUT2D eigenvalue weighted by Gasteiger charge is -2.16. The molecule has 1 rings (SSSR count). The van der Waals surface area contributed by atoms with Gasteiger partial charge in [-0.3, -0.25) is 5.41 Å². The molecule has 70 valence electrons. The van der Waals surface area contributed by atoms with Gasteiger partial charge in [0, 0.05) is 24.8 Å². The van der Waals surface area contributed by atoms with Gasteiger partial charge in [0.2, 0.25) is 0 Å². The average Bonchev–Trinajstić information content (AvgIpc) is 2.17. The molecule has 0 spiro atoms. The first-order chi connectivity index (χ1) is 6.15. The van der Waals surface area contributed by atoms with E-state index in [-0.39, 0.29) is 5.84 Å². The summed E-state index contributed by atoms with van der Waals surface area (Å²) in [7, 11) is 2.03. The number of benzene rings is 1. The summed E-state index contributed by atoms with van der Waals surface area (Å²) in [6.07, 6.45) is 0. The van der Waals surface area contributed by atoms with Gasteiger partial charge in [-0.1, -0.05) is 0 Å². The normalized spacial score (nSPS) is 9.69. The van der Waals surface area contributed by atoms with Crippen molar-refractivity contribution in [1.29, 1.82) is 5.41 Å². The van der Waals surface area contributed by atoms with Crippen LogP contribution in [0, 0.1) is 5.41 Å². The Hall–Kier alpha value is -1.51. The summed E-state index contributed by atoms with van der Waals surface area (Å²) in [5, 5.41) is 7.22. The van der Waals surface area contributed by atoms with Gasteiger partial charge in [0.15, 0.2) is 0 Å². The van der Waals surface area contributed by atoms with Crippen molar-refractivity contribution in [3.8, 4) is 0 Å². The molecule has 0 saturated carbocycles. The van der Waals surface area contributed by atoms with E-state index in [1.807, 2.05) is 31.3 Å². The van der Waals surface area contributed by atoms with Crippen molar-refractivity contribution in [2.24, 2.45) is 5.73 Å². The van der Waals surface area contributed by atoms with Gasteiger partial charge in [0.25, 0.3) is 0 Å². The third kappa shape index (κ3) is 2.21. The van der Waals surface area contributed by atoms with Crippen molar-refractivity contribution in [3.05, 3.63) is 29.8 Å². The summed E-state index contributed by atoms with van der Waals surface area (Å²) < 4.78 is 0. The lowest BCUT2D eigenvalue weighted by Crippen LogP contribution is -2.16. The standard InChI is InChI=1S/C10H15N3/c1-3-13(2)9-6-4-8(5-7-9)10(11)12/h4-7H,3H2,1-2H3,(H3,11,12). The molecule has 0 amide bonds. The number of anilines is 1. The minimum atomic E-state index is 0.116. The number of hydrogen-bond acceptors (Lipinski definition) is 2. The molecule has 0 aliphatic rings. The van der Waals surface area contributed by atoms with Gasteiger partial charge < -0.3 is 10.6 Å². The van der Waals surface area contributed by atoms with Crippen LogP contribution in [0.4, 0.5) is 5.69 Å². The molecule has 0 atom stereocenters. The van der Waals surface area contributed by atoms with Crippen molar-refractivity contribution in [1.82, 2.24) is 0 Å². The Labute approximate surface area is 78.7 Å². The van der Waals surface area contributed by atoms with Crippen molar-refractivity contribution < 1.29 is 0 Å². The molecule has 0 heterocycles. The third-order valence-corrected chi connectivity index (χ3v) is 2.09. The zero-order valence-corrected chi connectivity index (χ0v) is 8.04. The molecule has 3 heteroatoms. The highest BCUT2D eigenvalue weighted by Crippen LogP contribution is 2.12. The second-order valence-electron chi connectivity index (χ2n) is 2.97. The quantitative estimate of drug-likeness (QED) is 0.542. The smallest absolute Gasteiger partial charge is 0.122 e. The molecule has 0 bridgehead atoms. The van der Waals surface area contributed by atoms with Crippen LogP contribution in [0.1, 0.15) is 12.5 Å². The number of hydrogen-bond donors (Lipinski definition) is 2. The van der Waals surface area contributed by atoms with Crippen LogP contribution in [0.3, 0.4) is 0 Å². The third-order valence-electron chi connectivity index (χ3n) is 2.09. The molecule has 0 radical (unpaired) electrons. The predicted molar refractivity (Wildman–Crippen MR) is 56.4 cm³/mol.